The molecule has 0 amide bonds. The molecule has 12 heteroatoms. The molecule has 0 fully saturated rings. The average Bonchev–Trinajstić information content (AvgIpc) is 3.11. The lowest BCUT2D eigenvalue weighted by Gasteiger charge is -2.21. The first-order valence-electron chi connectivity index (χ1n) is 17.3. The summed E-state index contributed by atoms with van der Waals surface area (Å²) in [5.74, 6) is -1.18. The summed E-state index contributed by atoms with van der Waals surface area (Å²) >= 11 is 0. The van der Waals surface area contributed by atoms with Crippen LogP contribution in [0, 0.1) is 17.8 Å². The van der Waals surface area contributed by atoms with Crippen LogP contribution in [0.4, 0.5) is 0 Å². The van der Waals surface area contributed by atoms with E-state index in [4.69, 9.17) is 28.4 Å². The van der Waals surface area contributed by atoms with Crippen LogP contribution in [0.2, 0.25) is 0 Å². The third kappa shape index (κ3) is 9.99. The van der Waals surface area contributed by atoms with Crippen LogP contribution in [-0.2, 0) is 14.4 Å². The van der Waals surface area contributed by atoms with Gasteiger partial charge in [0.05, 0.1) is 19.8 Å². The summed E-state index contributed by atoms with van der Waals surface area (Å²) in [5, 5.41) is 32.4. The molecule has 0 saturated heterocycles. The van der Waals surface area contributed by atoms with E-state index in [0.29, 0.717) is 69.4 Å². The minimum absolute atomic E-state index is 0.206. The lowest BCUT2D eigenvalue weighted by Crippen LogP contribution is -2.13. The van der Waals surface area contributed by atoms with Crippen molar-refractivity contribution in [2.24, 2.45) is 17.8 Å². The molecule has 4 aromatic rings. The van der Waals surface area contributed by atoms with Gasteiger partial charge >= 0.3 is 17.9 Å². The second-order valence-electron chi connectivity index (χ2n) is 13.1. The molecule has 12 nitrogen and oxygen atoms in total. The van der Waals surface area contributed by atoms with Crippen LogP contribution >= 0.6 is 0 Å². The Bertz CT molecular complexity index is 1620. The number of benzene rings is 4. The normalized spacial score (nSPS) is 13.1. The van der Waals surface area contributed by atoms with E-state index in [1.165, 1.54) is 0 Å². The third-order valence-corrected chi connectivity index (χ3v) is 8.84. The molecule has 0 spiro atoms. The van der Waals surface area contributed by atoms with Crippen LogP contribution in [0.15, 0.2) is 36.4 Å². The predicted octanol–water partition coefficient (Wildman–Crippen LogP) is 7.81. The van der Waals surface area contributed by atoms with Gasteiger partial charge in [0.1, 0.15) is 0 Å². The minimum Gasteiger partial charge on any atom is -0.489 e. The Morgan fingerprint density at radius 3 is 0.804 bits per heavy atom. The molecular weight excluding hydrogens is 660 g/mol. The first-order chi connectivity index (χ1) is 24.3. The third-order valence-electron chi connectivity index (χ3n) is 8.84. The molecule has 0 aliphatic heterocycles. The van der Waals surface area contributed by atoms with Crippen molar-refractivity contribution < 1.29 is 58.1 Å². The Morgan fingerprint density at radius 1 is 0.431 bits per heavy atom. The molecule has 0 bridgehead atoms. The molecule has 4 rings (SSSR count). The molecule has 0 aliphatic carbocycles. The lowest BCUT2D eigenvalue weighted by molar-refractivity contribution is -0.140. The molecule has 276 valence electrons. The summed E-state index contributed by atoms with van der Waals surface area (Å²) < 4.78 is 36.0. The maximum atomic E-state index is 11.6. The van der Waals surface area contributed by atoms with Gasteiger partial charge in [0.2, 0.25) is 0 Å². The molecule has 0 saturated carbocycles. The van der Waals surface area contributed by atoms with Crippen molar-refractivity contribution in [2.75, 3.05) is 39.6 Å². The molecule has 0 radical (unpaired) electrons. The van der Waals surface area contributed by atoms with Crippen LogP contribution in [0.25, 0.3) is 32.3 Å². The van der Waals surface area contributed by atoms with Gasteiger partial charge in [-0.1, -0.05) is 60.8 Å². The lowest BCUT2D eigenvalue weighted by atomic mass is 9.93. The number of aliphatic carboxylic acids is 3. The molecule has 0 aromatic heterocycles. The van der Waals surface area contributed by atoms with E-state index in [2.05, 4.69) is 0 Å². The molecule has 0 heterocycles. The van der Waals surface area contributed by atoms with Crippen LogP contribution in [-0.4, -0.2) is 72.9 Å². The van der Waals surface area contributed by atoms with Crippen molar-refractivity contribution >= 4 is 50.2 Å². The Labute approximate surface area is 297 Å². The first kappa shape index (κ1) is 38.7. The van der Waals surface area contributed by atoms with Crippen molar-refractivity contribution in [3.05, 3.63) is 36.4 Å². The van der Waals surface area contributed by atoms with E-state index < -0.39 is 37.7 Å². The number of rotatable bonds is 21. The highest BCUT2D eigenvalue weighted by Crippen LogP contribution is 2.47. The van der Waals surface area contributed by atoms with E-state index in [9.17, 15) is 29.7 Å². The van der Waals surface area contributed by atoms with Gasteiger partial charge in [-0.05, 0) is 86.5 Å². The van der Waals surface area contributed by atoms with E-state index in [-0.39, 0.29) is 35.0 Å². The smallest absolute Gasteiger partial charge is 0.341 e. The van der Waals surface area contributed by atoms with Crippen molar-refractivity contribution in [1.29, 1.82) is 0 Å². The first-order valence-corrected chi connectivity index (χ1v) is 17.3. The summed E-state index contributed by atoms with van der Waals surface area (Å²) in [5.41, 5.74) is 0. The van der Waals surface area contributed by atoms with Gasteiger partial charge in [-0.2, -0.15) is 0 Å². The number of carbonyl (C=O) groups is 3. The SMILES string of the molecule is CC[C@H](C)COc1cc2c(cc1OCC(=O)O)c1cc(OC[C@@H](C)CC)c(OCC(=O)O)cc1c1cc(OC[C@@H](C)CC)c(OCC(=O)O)cc21. The van der Waals surface area contributed by atoms with Crippen molar-refractivity contribution in [2.45, 2.75) is 60.8 Å². The number of hydrogen-bond donors (Lipinski definition) is 3. The van der Waals surface area contributed by atoms with Crippen molar-refractivity contribution in [3.8, 4) is 34.5 Å². The fourth-order valence-electron chi connectivity index (χ4n) is 5.16. The standard InChI is InChI=1S/C39H48O12/c1-7-22(4)16-46-31-10-25-28(13-34(31)49-19-37(40)41)26-11-32(47-17-23(5)8-2)36(51-21-39(44)45)15-30(26)27-12-33(48-18-24(6)9-3)35(14-29(25)27)50-20-38(42)43/h10-15,22-24H,7-9,16-21H2,1-6H3,(H,40,41)(H,42,43)(H,44,45)/t22-,23-,24-/m0/s1. The summed E-state index contributed by atoms with van der Waals surface area (Å²) in [6.07, 6.45) is 2.59. The second kappa shape index (κ2) is 17.7. The molecule has 51 heavy (non-hydrogen) atoms. The molecule has 0 unspecified atom stereocenters. The summed E-state index contributed by atoms with van der Waals surface area (Å²) in [6.45, 7) is 11.5. The van der Waals surface area contributed by atoms with Gasteiger partial charge in [0, 0.05) is 0 Å². The Morgan fingerprint density at radius 2 is 0.627 bits per heavy atom. The monoisotopic (exact) mass is 708 g/mol. The van der Waals surface area contributed by atoms with Crippen LogP contribution in [0.5, 0.6) is 34.5 Å². The molecule has 0 aliphatic rings. The van der Waals surface area contributed by atoms with Gasteiger partial charge in [-0.15, -0.1) is 0 Å². The largest absolute Gasteiger partial charge is 0.489 e. The van der Waals surface area contributed by atoms with E-state index >= 15 is 0 Å². The van der Waals surface area contributed by atoms with E-state index in [1.807, 2.05) is 41.5 Å². The van der Waals surface area contributed by atoms with Gasteiger partial charge in [-0.25, -0.2) is 14.4 Å². The Hall–Kier alpha value is -5.13. The molecular formula is C39H48O12. The zero-order valence-corrected chi connectivity index (χ0v) is 30.1. The summed E-state index contributed by atoms with van der Waals surface area (Å²) in [7, 11) is 0. The van der Waals surface area contributed by atoms with E-state index in [1.54, 1.807) is 36.4 Å². The maximum Gasteiger partial charge on any atom is 0.341 e. The summed E-state index contributed by atoms with van der Waals surface area (Å²) in [6, 6.07) is 10.5. The minimum atomic E-state index is -1.16. The van der Waals surface area contributed by atoms with Crippen LogP contribution in [0.3, 0.4) is 0 Å². The van der Waals surface area contributed by atoms with Crippen LogP contribution < -0.4 is 28.4 Å². The van der Waals surface area contributed by atoms with Gasteiger partial charge in [-0.3, -0.25) is 0 Å². The topological polar surface area (TPSA) is 167 Å². The maximum absolute atomic E-state index is 11.6. The number of carboxylic acids is 3. The van der Waals surface area contributed by atoms with E-state index in [0.717, 1.165) is 19.3 Å². The van der Waals surface area contributed by atoms with Gasteiger partial charge in [0.25, 0.3) is 0 Å². The van der Waals surface area contributed by atoms with Crippen LogP contribution in [0.1, 0.15) is 60.8 Å². The second-order valence-corrected chi connectivity index (χ2v) is 13.1. The van der Waals surface area contributed by atoms with Crippen molar-refractivity contribution in [3.63, 3.8) is 0 Å². The Balaban J connectivity index is 2.13. The predicted molar refractivity (Wildman–Crippen MR) is 193 cm³/mol. The highest BCUT2D eigenvalue weighted by molar-refractivity contribution is 6.26. The zero-order chi connectivity index (χ0) is 37.2. The number of fused-ring (bicyclic) bond motifs is 6. The number of ether oxygens (including phenoxy) is 6. The zero-order valence-electron chi connectivity index (χ0n) is 30.1. The number of carboxylic acid groups (broad SMARTS) is 3. The average molecular weight is 709 g/mol. The molecule has 3 N–H and O–H groups in total. The van der Waals surface area contributed by atoms with Gasteiger partial charge < -0.3 is 43.7 Å². The quantitative estimate of drug-likeness (QED) is 0.0720. The Kier molecular flexibility index (Phi) is 13.4. The number of hydrogen-bond acceptors (Lipinski definition) is 9. The van der Waals surface area contributed by atoms with Gasteiger partial charge in [0.15, 0.2) is 54.3 Å². The fraction of sp³-hybridized carbons (Fsp3) is 0.462. The highest BCUT2D eigenvalue weighted by Gasteiger charge is 2.22. The highest BCUT2D eigenvalue weighted by atomic mass is 16.5. The van der Waals surface area contributed by atoms with Crippen molar-refractivity contribution in [1.82, 2.24) is 0 Å². The molecule has 3 atom stereocenters. The molecule has 4 aromatic carbocycles. The summed E-state index contributed by atoms with van der Waals surface area (Å²) in [4.78, 5) is 34.7. The fourth-order valence-corrected chi connectivity index (χ4v) is 5.16.